The number of carbonyl (C=O) groups excluding carboxylic acids is 2. The highest BCUT2D eigenvalue weighted by atomic mass is 19.1. The van der Waals surface area contributed by atoms with Gasteiger partial charge in [-0.1, -0.05) is 13.8 Å². The molecule has 0 spiro atoms. The number of hydrogen-bond donors (Lipinski definition) is 2. The largest absolute Gasteiger partial charge is 0.450 e. The van der Waals surface area contributed by atoms with Crippen LogP contribution in [-0.2, 0) is 11.3 Å². The van der Waals surface area contributed by atoms with E-state index < -0.39 is 29.7 Å². The lowest BCUT2D eigenvalue weighted by Crippen LogP contribution is -2.46. The monoisotopic (exact) mass is 489 g/mol. The molecule has 0 aliphatic carbocycles. The number of nitrogens with zero attached hydrogens (tertiary/aromatic N) is 3. The van der Waals surface area contributed by atoms with Crippen molar-refractivity contribution in [1.82, 2.24) is 20.0 Å². The number of rotatable bonds is 10. The summed E-state index contributed by atoms with van der Waals surface area (Å²) in [6, 6.07) is 4.99. The van der Waals surface area contributed by atoms with Gasteiger partial charge in [-0.05, 0) is 51.2 Å². The predicted octanol–water partition coefficient (Wildman–Crippen LogP) is 3.66. The zero-order valence-corrected chi connectivity index (χ0v) is 20.0. The number of nitrogens with two attached hydrogens (primary N) is 1. The number of hydrogen-bond acceptors (Lipinski definition) is 6. The highest BCUT2D eigenvalue weighted by molar-refractivity contribution is 5.87. The van der Waals surface area contributed by atoms with Gasteiger partial charge in [-0.2, -0.15) is 5.10 Å². The minimum Gasteiger partial charge on any atom is -0.450 e. The second-order valence-electron chi connectivity index (χ2n) is 8.84. The summed E-state index contributed by atoms with van der Waals surface area (Å²) in [6.07, 6.45) is 0.952. The van der Waals surface area contributed by atoms with E-state index in [1.54, 1.807) is 23.0 Å². The summed E-state index contributed by atoms with van der Waals surface area (Å²) < 4.78 is 40.4. The van der Waals surface area contributed by atoms with Gasteiger partial charge < -0.3 is 25.4 Å². The first kappa shape index (κ1) is 25.9. The molecule has 9 nitrogen and oxygen atoms in total. The maximum absolute atomic E-state index is 14.2. The molecule has 0 saturated carbocycles. The average Bonchev–Trinajstić information content (AvgIpc) is 3.13. The Morgan fingerprint density at radius 2 is 1.89 bits per heavy atom. The highest BCUT2D eigenvalue weighted by Crippen LogP contribution is 2.37. The fraction of sp³-hybridized carbons (Fsp3) is 0.375. The van der Waals surface area contributed by atoms with Crippen molar-refractivity contribution in [3.8, 4) is 17.2 Å². The molecule has 11 heteroatoms. The number of aromatic nitrogens is 2. The van der Waals surface area contributed by atoms with Crippen molar-refractivity contribution in [2.75, 3.05) is 20.6 Å². The molecule has 0 radical (unpaired) electrons. The summed E-state index contributed by atoms with van der Waals surface area (Å²) in [6.45, 7) is 5.18. The van der Waals surface area contributed by atoms with E-state index in [1.807, 2.05) is 32.8 Å². The summed E-state index contributed by atoms with van der Waals surface area (Å²) in [5.41, 5.74) is 6.08. The molecule has 2 aromatic carbocycles. The van der Waals surface area contributed by atoms with Crippen LogP contribution < -0.4 is 20.5 Å². The lowest BCUT2D eigenvalue weighted by molar-refractivity contribution is -0.120. The summed E-state index contributed by atoms with van der Waals surface area (Å²) in [4.78, 5) is 26.3. The molecular formula is C24H29F2N5O4. The van der Waals surface area contributed by atoms with E-state index in [9.17, 15) is 18.4 Å². The van der Waals surface area contributed by atoms with Crippen molar-refractivity contribution in [3.05, 3.63) is 48.2 Å². The number of ether oxygens (including phenoxy) is 2. The van der Waals surface area contributed by atoms with Gasteiger partial charge in [0.15, 0.2) is 23.1 Å². The van der Waals surface area contributed by atoms with Crippen molar-refractivity contribution in [3.63, 3.8) is 0 Å². The molecule has 0 saturated heterocycles. The number of amides is 2. The molecule has 35 heavy (non-hydrogen) atoms. The molecule has 0 unspecified atom stereocenters. The van der Waals surface area contributed by atoms with E-state index in [2.05, 4.69) is 10.4 Å². The van der Waals surface area contributed by atoms with Crippen molar-refractivity contribution < 1.29 is 27.8 Å². The molecular weight excluding hydrogens is 460 g/mol. The number of halogens is 2. The maximum atomic E-state index is 14.2. The minimum absolute atomic E-state index is 0.00571. The van der Waals surface area contributed by atoms with Gasteiger partial charge in [0, 0.05) is 24.1 Å². The van der Waals surface area contributed by atoms with E-state index in [-0.39, 0.29) is 23.7 Å². The van der Waals surface area contributed by atoms with E-state index in [0.717, 1.165) is 12.1 Å². The van der Waals surface area contributed by atoms with Crippen LogP contribution in [0.1, 0.15) is 20.3 Å². The van der Waals surface area contributed by atoms with E-state index in [4.69, 9.17) is 15.2 Å². The average molecular weight is 490 g/mol. The van der Waals surface area contributed by atoms with Crippen LogP contribution >= 0.6 is 0 Å². The molecule has 1 atom stereocenters. The van der Waals surface area contributed by atoms with Gasteiger partial charge in [-0.3, -0.25) is 9.48 Å². The molecule has 0 fully saturated rings. The Balaban J connectivity index is 1.94. The first-order valence-corrected chi connectivity index (χ1v) is 11.1. The first-order chi connectivity index (χ1) is 16.5. The predicted molar refractivity (Wildman–Crippen MR) is 126 cm³/mol. The Bertz CT molecular complexity index is 1210. The Hall–Kier alpha value is -3.73. The van der Waals surface area contributed by atoms with E-state index in [1.165, 1.54) is 0 Å². The van der Waals surface area contributed by atoms with Gasteiger partial charge in [0.25, 0.3) is 0 Å². The molecule has 0 bridgehead atoms. The third kappa shape index (κ3) is 6.89. The fourth-order valence-electron chi connectivity index (χ4n) is 3.36. The van der Waals surface area contributed by atoms with Gasteiger partial charge in [0.1, 0.15) is 11.9 Å². The van der Waals surface area contributed by atoms with Crippen LogP contribution in [0.5, 0.6) is 17.2 Å². The van der Waals surface area contributed by atoms with Gasteiger partial charge in [-0.15, -0.1) is 0 Å². The fourth-order valence-corrected chi connectivity index (χ4v) is 3.36. The van der Waals surface area contributed by atoms with Gasteiger partial charge in [0.2, 0.25) is 5.91 Å². The normalized spacial score (nSPS) is 12.2. The first-order valence-electron chi connectivity index (χ1n) is 11.1. The summed E-state index contributed by atoms with van der Waals surface area (Å²) >= 11 is 0. The highest BCUT2D eigenvalue weighted by Gasteiger charge is 2.22. The zero-order chi connectivity index (χ0) is 25.7. The van der Waals surface area contributed by atoms with Crippen molar-refractivity contribution in [2.24, 2.45) is 11.7 Å². The smallest absolute Gasteiger partial charge is 0.413 e. The SMILES string of the molecule is CC(C)Cn1ncc2cc(Oc3ccc(F)cc3F)c(OC(=O)N[C@@H](CCN(C)C)C(N)=O)cc21. The van der Waals surface area contributed by atoms with Gasteiger partial charge in [0.05, 0.1) is 11.7 Å². The molecule has 1 heterocycles. The van der Waals surface area contributed by atoms with Crippen molar-refractivity contribution in [2.45, 2.75) is 32.9 Å². The van der Waals surface area contributed by atoms with Crippen LogP contribution in [0.3, 0.4) is 0 Å². The summed E-state index contributed by atoms with van der Waals surface area (Å²) in [5.74, 6) is -2.39. The summed E-state index contributed by atoms with van der Waals surface area (Å²) in [7, 11) is 3.65. The number of benzene rings is 2. The number of carbonyl (C=O) groups is 2. The molecule has 0 aliphatic rings. The molecule has 3 N–H and O–H groups in total. The summed E-state index contributed by atoms with van der Waals surface area (Å²) in [5, 5.41) is 7.48. The number of fused-ring (bicyclic) bond motifs is 1. The Kier molecular flexibility index (Phi) is 8.23. The minimum atomic E-state index is -0.959. The molecule has 0 aliphatic heterocycles. The molecule has 1 aromatic heterocycles. The second kappa shape index (κ2) is 11.1. The Morgan fingerprint density at radius 3 is 2.51 bits per heavy atom. The van der Waals surface area contributed by atoms with Crippen LogP contribution in [0.25, 0.3) is 10.9 Å². The van der Waals surface area contributed by atoms with Crippen molar-refractivity contribution in [1.29, 1.82) is 0 Å². The Morgan fingerprint density at radius 1 is 1.14 bits per heavy atom. The van der Waals surface area contributed by atoms with Crippen LogP contribution in [0, 0.1) is 17.6 Å². The topological polar surface area (TPSA) is 112 Å². The van der Waals surface area contributed by atoms with E-state index >= 15 is 0 Å². The Labute approximate surface area is 201 Å². The molecule has 188 valence electrons. The van der Waals surface area contributed by atoms with Crippen LogP contribution in [0.4, 0.5) is 13.6 Å². The van der Waals surface area contributed by atoms with Gasteiger partial charge in [-0.25, -0.2) is 13.6 Å². The number of primary amides is 1. The maximum Gasteiger partial charge on any atom is 0.413 e. The number of nitrogens with one attached hydrogen (secondary N) is 1. The molecule has 3 aromatic rings. The third-order valence-corrected chi connectivity index (χ3v) is 5.06. The van der Waals surface area contributed by atoms with Crippen LogP contribution in [0.15, 0.2) is 36.5 Å². The molecule has 2 amide bonds. The lowest BCUT2D eigenvalue weighted by Gasteiger charge is -2.18. The standard InChI is InChI=1S/C24H29F2N5O4/c1-14(2)13-31-19-11-22(35-24(33)29-18(23(27)32)7-8-30(3)4)21(9-15(19)12-28-31)34-20-6-5-16(25)10-17(20)26/h5-6,9-12,14,18H,7-8,13H2,1-4H3,(H2,27,32)(H,29,33)/t18-/m0/s1. The van der Waals surface area contributed by atoms with Crippen LogP contribution in [0.2, 0.25) is 0 Å². The molecule has 3 rings (SSSR count). The van der Waals surface area contributed by atoms with Gasteiger partial charge >= 0.3 is 6.09 Å². The van der Waals surface area contributed by atoms with Crippen LogP contribution in [-0.4, -0.2) is 53.4 Å². The zero-order valence-electron chi connectivity index (χ0n) is 20.0. The lowest BCUT2D eigenvalue weighted by atomic mass is 10.2. The second-order valence-corrected chi connectivity index (χ2v) is 8.84. The van der Waals surface area contributed by atoms with E-state index in [0.29, 0.717) is 36.0 Å². The van der Waals surface area contributed by atoms with Crippen molar-refractivity contribution >= 4 is 22.9 Å². The third-order valence-electron chi connectivity index (χ3n) is 5.06. The quantitative estimate of drug-likeness (QED) is 0.450.